The van der Waals surface area contributed by atoms with E-state index in [1.165, 1.54) is 6.92 Å². The maximum atomic E-state index is 11.2. The molecule has 1 N–H and O–H groups in total. The van der Waals surface area contributed by atoms with Crippen LogP contribution in [-0.2, 0) is 6.54 Å². The lowest BCUT2D eigenvalue weighted by Crippen LogP contribution is -2.25. The number of hydrogen-bond donors (Lipinski definition) is 1. The van der Waals surface area contributed by atoms with Crippen LogP contribution in [0.5, 0.6) is 5.75 Å². The van der Waals surface area contributed by atoms with E-state index in [9.17, 15) is 9.90 Å². The zero-order valence-electron chi connectivity index (χ0n) is 10.3. The maximum Gasteiger partial charge on any atom is 0.159 e. The average Bonchev–Trinajstić information content (AvgIpc) is 2.20. The predicted octanol–water partition coefficient (Wildman–Crippen LogP) is 2.44. The summed E-state index contributed by atoms with van der Waals surface area (Å²) in [5.74, 6) is 0.269. The Morgan fingerprint density at radius 2 is 2.06 bits per heavy atom. The molecule has 0 aliphatic rings. The number of nitrogens with zero attached hydrogens (tertiary/aromatic N) is 1. The highest BCUT2D eigenvalue weighted by atomic mass is 16.3. The number of aromatic hydroxyl groups is 1. The van der Waals surface area contributed by atoms with Crippen LogP contribution in [-0.4, -0.2) is 28.9 Å². The molecule has 0 unspecified atom stereocenters. The van der Waals surface area contributed by atoms with E-state index in [4.69, 9.17) is 0 Å². The summed E-state index contributed by atoms with van der Waals surface area (Å²) in [6.45, 7) is 6.35. The van der Waals surface area contributed by atoms with Crippen LogP contribution < -0.4 is 0 Å². The van der Waals surface area contributed by atoms with Crippen molar-refractivity contribution < 1.29 is 9.90 Å². The van der Waals surface area contributed by atoms with E-state index in [0.717, 1.165) is 5.56 Å². The molecule has 0 radical (unpaired) electrons. The van der Waals surface area contributed by atoms with Gasteiger partial charge in [0.2, 0.25) is 0 Å². The van der Waals surface area contributed by atoms with Gasteiger partial charge in [0.1, 0.15) is 5.75 Å². The third-order valence-corrected chi connectivity index (χ3v) is 2.79. The zero-order chi connectivity index (χ0) is 12.3. The molecule has 0 bridgehead atoms. The van der Waals surface area contributed by atoms with E-state index in [0.29, 0.717) is 18.2 Å². The molecule has 0 aliphatic heterocycles. The molecule has 0 fully saturated rings. The molecule has 1 aromatic rings. The highest BCUT2D eigenvalue weighted by molar-refractivity contribution is 5.94. The maximum absolute atomic E-state index is 11.2. The Balaban J connectivity index is 2.94. The van der Waals surface area contributed by atoms with Crippen molar-refractivity contribution in [2.45, 2.75) is 33.4 Å². The van der Waals surface area contributed by atoms with Crippen molar-refractivity contribution >= 4 is 5.78 Å². The largest absolute Gasteiger partial charge is 0.508 e. The van der Waals surface area contributed by atoms with E-state index in [1.807, 2.05) is 7.05 Å². The van der Waals surface area contributed by atoms with Crippen molar-refractivity contribution in [1.82, 2.24) is 4.90 Å². The van der Waals surface area contributed by atoms with Crippen LogP contribution in [0.2, 0.25) is 0 Å². The van der Waals surface area contributed by atoms with Crippen LogP contribution in [0.4, 0.5) is 0 Å². The molecule has 0 spiro atoms. The molecule has 88 valence electrons. The quantitative estimate of drug-likeness (QED) is 0.794. The average molecular weight is 221 g/mol. The smallest absolute Gasteiger partial charge is 0.159 e. The number of carbonyl (C=O) groups excluding carboxylic acids is 1. The fourth-order valence-electron chi connectivity index (χ4n) is 1.38. The summed E-state index contributed by atoms with van der Waals surface area (Å²) >= 11 is 0. The first-order valence-corrected chi connectivity index (χ1v) is 5.45. The SMILES string of the molecule is CC(=O)c1ccc(O)c(CN(C)C(C)C)c1. The Morgan fingerprint density at radius 3 is 2.56 bits per heavy atom. The molecule has 0 amide bonds. The second kappa shape index (κ2) is 5.12. The molecule has 3 nitrogen and oxygen atoms in total. The number of phenols is 1. The van der Waals surface area contributed by atoms with Gasteiger partial charge in [-0.2, -0.15) is 0 Å². The van der Waals surface area contributed by atoms with Crippen LogP contribution >= 0.6 is 0 Å². The van der Waals surface area contributed by atoms with Gasteiger partial charge in [-0.05, 0) is 46.0 Å². The molecular weight excluding hydrogens is 202 g/mol. The summed E-state index contributed by atoms with van der Waals surface area (Å²) in [4.78, 5) is 13.3. The van der Waals surface area contributed by atoms with Crippen molar-refractivity contribution in [3.63, 3.8) is 0 Å². The number of hydrogen-bond acceptors (Lipinski definition) is 3. The normalized spacial score (nSPS) is 11.1. The van der Waals surface area contributed by atoms with Gasteiger partial charge in [0.15, 0.2) is 5.78 Å². The molecule has 1 aromatic carbocycles. The number of carbonyl (C=O) groups is 1. The third kappa shape index (κ3) is 3.07. The highest BCUT2D eigenvalue weighted by Crippen LogP contribution is 2.20. The van der Waals surface area contributed by atoms with E-state index >= 15 is 0 Å². The van der Waals surface area contributed by atoms with Gasteiger partial charge in [0, 0.05) is 23.7 Å². The van der Waals surface area contributed by atoms with Crippen LogP contribution in [0.1, 0.15) is 36.7 Å². The lowest BCUT2D eigenvalue weighted by atomic mass is 10.1. The predicted molar refractivity (Wildman–Crippen MR) is 64.7 cm³/mol. The summed E-state index contributed by atoms with van der Waals surface area (Å²) in [6, 6.07) is 5.40. The molecule has 0 saturated heterocycles. The number of rotatable bonds is 4. The van der Waals surface area contributed by atoms with E-state index < -0.39 is 0 Å². The van der Waals surface area contributed by atoms with Crippen LogP contribution in [0, 0.1) is 0 Å². The third-order valence-electron chi connectivity index (χ3n) is 2.79. The standard InChI is InChI=1S/C13H19NO2/c1-9(2)14(4)8-12-7-11(10(3)15)5-6-13(12)16/h5-7,9,16H,8H2,1-4H3. The molecular formula is C13H19NO2. The second-order valence-corrected chi connectivity index (χ2v) is 4.41. The highest BCUT2D eigenvalue weighted by Gasteiger charge is 2.10. The molecule has 16 heavy (non-hydrogen) atoms. The molecule has 0 saturated carbocycles. The van der Waals surface area contributed by atoms with E-state index in [1.54, 1.807) is 18.2 Å². The number of Topliss-reactive ketones (excluding diaryl/α,β-unsaturated/α-hetero) is 1. The van der Waals surface area contributed by atoms with Gasteiger partial charge in [-0.25, -0.2) is 0 Å². The molecule has 0 aromatic heterocycles. The summed E-state index contributed by atoms with van der Waals surface area (Å²) in [7, 11) is 1.99. The Kier molecular flexibility index (Phi) is 4.07. The van der Waals surface area contributed by atoms with E-state index in [-0.39, 0.29) is 11.5 Å². The van der Waals surface area contributed by atoms with Crippen molar-refractivity contribution in [1.29, 1.82) is 0 Å². The number of phenolic OH excluding ortho intramolecular Hbond substituents is 1. The van der Waals surface area contributed by atoms with Gasteiger partial charge >= 0.3 is 0 Å². The van der Waals surface area contributed by atoms with Crippen molar-refractivity contribution in [3.8, 4) is 5.75 Å². The van der Waals surface area contributed by atoms with Crippen molar-refractivity contribution in [2.24, 2.45) is 0 Å². The van der Waals surface area contributed by atoms with Crippen molar-refractivity contribution in [2.75, 3.05) is 7.05 Å². The van der Waals surface area contributed by atoms with Gasteiger partial charge < -0.3 is 5.11 Å². The fourth-order valence-corrected chi connectivity index (χ4v) is 1.38. The minimum absolute atomic E-state index is 0.0217. The number of ketones is 1. The molecule has 0 heterocycles. The Hall–Kier alpha value is -1.35. The Morgan fingerprint density at radius 1 is 1.44 bits per heavy atom. The minimum Gasteiger partial charge on any atom is -0.508 e. The first kappa shape index (κ1) is 12.7. The van der Waals surface area contributed by atoms with Gasteiger partial charge in [0.25, 0.3) is 0 Å². The van der Waals surface area contributed by atoms with E-state index in [2.05, 4.69) is 18.7 Å². The Labute approximate surface area is 96.7 Å². The number of benzene rings is 1. The zero-order valence-corrected chi connectivity index (χ0v) is 10.3. The fraction of sp³-hybridized carbons (Fsp3) is 0.462. The lowest BCUT2D eigenvalue weighted by Gasteiger charge is -2.21. The summed E-state index contributed by atoms with van der Waals surface area (Å²) < 4.78 is 0. The van der Waals surface area contributed by atoms with Gasteiger partial charge in [-0.1, -0.05) is 0 Å². The molecule has 0 aliphatic carbocycles. The first-order chi connectivity index (χ1) is 7.41. The van der Waals surface area contributed by atoms with Gasteiger partial charge in [-0.15, -0.1) is 0 Å². The summed E-state index contributed by atoms with van der Waals surface area (Å²) in [5, 5.41) is 9.71. The Bertz CT molecular complexity index is 386. The lowest BCUT2D eigenvalue weighted by molar-refractivity contribution is 0.101. The monoisotopic (exact) mass is 221 g/mol. The second-order valence-electron chi connectivity index (χ2n) is 4.41. The van der Waals surface area contributed by atoms with Gasteiger partial charge in [-0.3, -0.25) is 9.69 Å². The molecule has 0 atom stereocenters. The molecule has 1 rings (SSSR count). The summed E-state index contributed by atoms with van der Waals surface area (Å²) in [5.41, 5.74) is 1.44. The topological polar surface area (TPSA) is 40.5 Å². The van der Waals surface area contributed by atoms with Crippen molar-refractivity contribution in [3.05, 3.63) is 29.3 Å². The minimum atomic E-state index is 0.0217. The van der Waals surface area contributed by atoms with Crippen LogP contribution in [0.25, 0.3) is 0 Å². The molecule has 3 heteroatoms. The van der Waals surface area contributed by atoms with Crippen LogP contribution in [0.3, 0.4) is 0 Å². The summed E-state index contributed by atoms with van der Waals surface area (Å²) in [6.07, 6.45) is 0. The van der Waals surface area contributed by atoms with Gasteiger partial charge in [0.05, 0.1) is 0 Å². The van der Waals surface area contributed by atoms with Crippen LogP contribution in [0.15, 0.2) is 18.2 Å². The first-order valence-electron chi connectivity index (χ1n) is 5.45.